The molecule has 0 bridgehead atoms. The highest BCUT2D eigenvalue weighted by Crippen LogP contribution is 2.33. The Balaban J connectivity index is 2.20. The molecule has 1 amide bonds. The number of aromatic nitrogens is 2. The number of fused-ring (bicyclic) bond motifs is 1. The van der Waals surface area contributed by atoms with E-state index in [0.717, 1.165) is 22.6 Å². The van der Waals surface area contributed by atoms with Gasteiger partial charge >= 0.3 is 0 Å². The molecule has 5 nitrogen and oxygen atoms in total. The maximum absolute atomic E-state index is 12.5. The van der Waals surface area contributed by atoms with Gasteiger partial charge in [-0.3, -0.25) is 4.79 Å². The molecule has 1 atom stereocenters. The van der Waals surface area contributed by atoms with Crippen LogP contribution in [-0.2, 0) is 4.79 Å². The number of hydrogen-bond donors (Lipinski definition) is 0. The third kappa shape index (κ3) is 1.97. The van der Waals surface area contributed by atoms with E-state index in [-0.39, 0.29) is 11.8 Å². The zero-order valence-corrected chi connectivity index (χ0v) is 11.3. The molecule has 0 saturated heterocycles. The van der Waals surface area contributed by atoms with Gasteiger partial charge in [0.1, 0.15) is 0 Å². The van der Waals surface area contributed by atoms with E-state index >= 15 is 0 Å². The lowest BCUT2D eigenvalue weighted by Crippen LogP contribution is -2.34. The molecule has 1 aromatic heterocycles. The van der Waals surface area contributed by atoms with E-state index in [9.17, 15) is 4.79 Å². The summed E-state index contributed by atoms with van der Waals surface area (Å²) >= 11 is 0. The van der Waals surface area contributed by atoms with Gasteiger partial charge in [-0.25, -0.2) is 4.99 Å². The number of carbonyl (C=O) groups excluding carboxylic acids is 1. The molecule has 0 fully saturated rings. The summed E-state index contributed by atoms with van der Waals surface area (Å²) in [6.45, 7) is 1.87. The van der Waals surface area contributed by atoms with Crippen LogP contribution in [0.4, 0.5) is 11.4 Å². The Bertz CT molecular complexity index is 681. The number of para-hydroxylation sites is 2. The number of amides is 1. The summed E-state index contributed by atoms with van der Waals surface area (Å²) in [5.74, 6) is -0.304. The molecule has 100 valence electrons. The molecule has 0 saturated carbocycles. The van der Waals surface area contributed by atoms with E-state index in [1.54, 1.807) is 24.3 Å². The third-order valence-corrected chi connectivity index (χ3v) is 3.48. The Labute approximate surface area is 117 Å². The highest BCUT2D eigenvalue weighted by Gasteiger charge is 2.29. The Morgan fingerprint density at radius 3 is 2.70 bits per heavy atom. The standard InChI is InChI=1S/C15H14N4O/c1-10-14(11-7-8-16-17-9-11)18-12-5-3-4-6-13(12)19(2)15(10)20/h3-10H,1-2H3. The van der Waals surface area contributed by atoms with Crippen molar-refractivity contribution >= 4 is 23.0 Å². The zero-order chi connectivity index (χ0) is 14.1. The van der Waals surface area contributed by atoms with Crippen molar-refractivity contribution in [1.29, 1.82) is 0 Å². The first-order valence-electron chi connectivity index (χ1n) is 6.40. The van der Waals surface area contributed by atoms with Crippen LogP contribution in [0.15, 0.2) is 47.7 Å². The van der Waals surface area contributed by atoms with Crippen LogP contribution < -0.4 is 4.90 Å². The van der Waals surface area contributed by atoms with E-state index in [4.69, 9.17) is 0 Å². The third-order valence-electron chi connectivity index (χ3n) is 3.48. The number of rotatable bonds is 1. The summed E-state index contributed by atoms with van der Waals surface area (Å²) in [5, 5.41) is 7.64. The molecule has 1 aliphatic rings. The predicted molar refractivity (Wildman–Crippen MR) is 77.2 cm³/mol. The molecule has 0 radical (unpaired) electrons. The molecule has 0 N–H and O–H groups in total. The number of anilines is 1. The van der Waals surface area contributed by atoms with Gasteiger partial charge in [0, 0.05) is 12.6 Å². The van der Waals surface area contributed by atoms with Gasteiger partial charge in [-0.05, 0) is 25.1 Å². The van der Waals surface area contributed by atoms with Crippen molar-refractivity contribution in [2.24, 2.45) is 10.9 Å². The van der Waals surface area contributed by atoms with E-state index < -0.39 is 0 Å². The van der Waals surface area contributed by atoms with Gasteiger partial charge in [-0.2, -0.15) is 10.2 Å². The average molecular weight is 266 g/mol. The molecule has 1 unspecified atom stereocenters. The summed E-state index contributed by atoms with van der Waals surface area (Å²) in [6.07, 6.45) is 3.24. The summed E-state index contributed by atoms with van der Waals surface area (Å²) in [5.41, 5.74) is 3.16. The minimum atomic E-state index is -0.323. The van der Waals surface area contributed by atoms with Crippen LogP contribution in [0.25, 0.3) is 0 Å². The Kier molecular flexibility index (Phi) is 3.02. The fraction of sp³-hybridized carbons (Fsp3) is 0.200. The van der Waals surface area contributed by atoms with Gasteiger partial charge in [0.05, 0.1) is 35.4 Å². The lowest BCUT2D eigenvalue weighted by molar-refractivity contribution is -0.119. The van der Waals surface area contributed by atoms with Crippen molar-refractivity contribution in [3.05, 3.63) is 48.3 Å². The zero-order valence-electron chi connectivity index (χ0n) is 11.3. The molecule has 1 aliphatic heterocycles. The summed E-state index contributed by atoms with van der Waals surface area (Å²) in [6, 6.07) is 9.45. The van der Waals surface area contributed by atoms with Crippen molar-refractivity contribution < 1.29 is 4.79 Å². The highest BCUT2D eigenvalue weighted by molar-refractivity contribution is 6.19. The van der Waals surface area contributed by atoms with Crippen LogP contribution >= 0.6 is 0 Å². The van der Waals surface area contributed by atoms with Gasteiger partial charge in [0.25, 0.3) is 0 Å². The Morgan fingerprint density at radius 1 is 1.15 bits per heavy atom. The van der Waals surface area contributed by atoms with E-state index in [2.05, 4.69) is 15.2 Å². The van der Waals surface area contributed by atoms with E-state index in [1.807, 2.05) is 37.3 Å². The summed E-state index contributed by atoms with van der Waals surface area (Å²) in [4.78, 5) is 18.8. The molecule has 0 aliphatic carbocycles. The van der Waals surface area contributed by atoms with Gasteiger partial charge in [0.2, 0.25) is 5.91 Å². The Morgan fingerprint density at radius 2 is 1.95 bits per heavy atom. The number of hydrogen-bond acceptors (Lipinski definition) is 4. The van der Waals surface area contributed by atoms with Crippen LogP contribution in [0.3, 0.4) is 0 Å². The molecule has 5 heteroatoms. The first kappa shape index (κ1) is 12.5. The average Bonchev–Trinajstić information content (AvgIpc) is 2.60. The molecule has 2 aromatic rings. The van der Waals surface area contributed by atoms with Crippen molar-refractivity contribution in [1.82, 2.24) is 10.2 Å². The topological polar surface area (TPSA) is 58.5 Å². The molecule has 2 heterocycles. The molecule has 20 heavy (non-hydrogen) atoms. The van der Waals surface area contributed by atoms with Crippen LogP contribution in [0.5, 0.6) is 0 Å². The molecule has 0 spiro atoms. The molecular formula is C15H14N4O. The molecule has 1 aromatic carbocycles. The fourth-order valence-corrected chi connectivity index (χ4v) is 2.35. The number of aliphatic imine (C=N–C) groups is 1. The lowest BCUT2D eigenvalue weighted by Gasteiger charge is -2.19. The Hall–Kier alpha value is -2.56. The minimum absolute atomic E-state index is 0.0190. The van der Waals surface area contributed by atoms with Crippen LogP contribution in [0, 0.1) is 5.92 Å². The smallest absolute Gasteiger partial charge is 0.235 e. The van der Waals surface area contributed by atoms with Gasteiger partial charge < -0.3 is 4.90 Å². The quantitative estimate of drug-likeness (QED) is 0.795. The second kappa shape index (κ2) is 4.85. The first-order valence-corrected chi connectivity index (χ1v) is 6.40. The van der Waals surface area contributed by atoms with Crippen LogP contribution in [-0.4, -0.2) is 28.9 Å². The van der Waals surface area contributed by atoms with E-state index in [0.29, 0.717) is 0 Å². The maximum atomic E-state index is 12.5. The highest BCUT2D eigenvalue weighted by atomic mass is 16.2. The van der Waals surface area contributed by atoms with Gasteiger partial charge in [-0.15, -0.1) is 0 Å². The molecular weight excluding hydrogens is 252 g/mol. The fourth-order valence-electron chi connectivity index (χ4n) is 2.35. The lowest BCUT2D eigenvalue weighted by atomic mass is 9.99. The number of nitrogens with zero attached hydrogens (tertiary/aromatic N) is 4. The predicted octanol–water partition coefficient (Wildman–Crippen LogP) is 2.21. The maximum Gasteiger partial charge on any atom is 0.235 e. The second-order valence-electron chi connectivity index (χ2n) is 4.74. The van der Waals surface area contributed by atoms with Crippen molar-refractivity contribution in [2.75, 3.05) is 11.9 Å². The SMILES string of the molecule is CC1C(=O)N(C)c2ccccc2N=C1c1ccnnc1. The minimum Gasteiger partial charge on any atom is -0.313 e. The van der Waals surface area contributed by atoms with Crippen LogP contribution in [0.1, 0.15) is 12.5 Å². The second-order valence-corrected chi connectivity index (χ2v) is 4.74. The first-order chi connectivity index (χ1) is 9.68. The van der Waals surface area contributed by atoms with Crippen molar-refractivity contribution in [3.8, 4) is 0 Å². The van der Waals surface area contributed by atoms with Crippen molar-refractivity contribution in [3.63, 3.8) is 0 Å². The normalized spacial score (nSPS) is 18.3. The number of benzene rings is 1. The van der Waals surface area contributed by atoms with Gasteiger partial charge in [0.15, 0.2) is 0 Å². The van der Waals surface area contributed by atoms with Crippen LogP contribution in [0.2, 0.25) is 0 Å². The molecule has 3 rings (SSSR count). The summed E-state index contributed by atoms with van der Waals surface area (Å²) in [7, 11) is 1.78. The van der Waals surface area contributed by atoms with E-state index in [1.165, 1.54) is 0 Å². The van der Waals surface area contributed by atoms with Crippen molar-refractivity contribution in [2.45, 2.75) is 6.92 Å². The largest absolute Gasteiger partial charge is 0.313 e. The number of carbonyl (C=O) groups is 1. The summed E-state index contributed by atoms with van der Waals surface area (Å²) < 4.78 is 0. The monoisotopic (exact) mass is 266 g/mol. The van der Waals surface area contributed by atoms with Gasteiger partial charge in [-0.1, -0.05) is 12.1 Å².